The van der Waals surface area contributed by atoms with Gasteiger partial charge in [-0.2, -0.15) is 0 Å². The second-order valence-electron chi connectivity index (χ2n) is 14.5. The third-order valence-corrected chi connectivity index (χ3v) is 10.8. The lowest BCUT2D eigenvalue weighted by Crippen LogP contribution is -2.40. The van der Waals surface area contributed by atoms with Gasteiger partial charge in [-0.15, -0.1) is 0 Å². The van der Waals surface area contributed by atoms with Crippen LogP contribution in [0.25, 0.3) is 0 Å². The Morgan fingerprint density at radius 3 is 2.20 bits per heavy atom. The van der Waals surface area contributed by atoms with Crippen LogP contribution < -0.4 is 9.80 Å². The maximum atomic E-state index is 5.81. The van der Waals surface area contributed by atoms with Gasteiger partial charge in [0, 0.05) is 59.8 Å². The normalized spacial score (nSPS) is 24.0. The molecule has 4 nitrogen and oxygen atoms in total. The molecule has 0 bridgehead atoms. The molecular weight excluding hydrogens is 550 g/mol. The summed E-state index contributed by atoms with van der Waals surface area (Å²) in [6, 6.07) is 18.5. The molecule has 1 unspecified atom stereocenters. The highest BCUT2D eigenvalue weighted by Crippen LogP contribution is 2.49. The Hall–Kier alpha value is -3.24. The number of para-hydroxylation sites is 2. The van der Waals surface area contributed by atoms with E-state index in [2.05, 4.69) is 129 Å². The Balaban J connectivity index is 1.37. The first-order valence-electron chi connectivity index (χ1n) is 17.7. The number of morpholine rings is 1. The molecule has 4 heteroatoms. The van der Waals surface area contributed by atoms with Gasteiger partial charge in [-0.3, -0.25) is 0 Å². The van der Waals surface area contributed by atoms with E-state index in [1.807, 2.05) is 0 Å². The lowest BCUT2D eigenvalue weighted by Gasteiger charge is -2.33. The van der Waals surface area contributed by atoms with Crippen molar-refractivity contribution in [3.63, 3.8) is 0 Å². The zero-order valence-corrected chi connectivity index (χ0v) is 28.7. The van der Waals surface area contributed by atoms with Crippen molar-refractivity contribution in [3.05, 3.63) is 107 Å². The number of rotatable bonds is 10. The predicted molar refractivity (Wildman–Crippen MR) is 191 cm³/mol. The average Bonchev–Trinajstić information content (AvgIpc) is 3.62. The molecule has 0 radical (unpaired) electrons. The number of fused-ring (bicyclic) bond motifs is 2. The number of nitrogens with zero attached hydrogens (tertiary/aromatic N) is 3. The highest BCUT2D eigenvalue weighted by Gasteiger charge is 2.43. The Bertz CT molecular complexity index is 1490. The van der Waals surface area contributed by atoms with Crippen LogP contribution in [0.4, 0.5) is 11.4 Å². The van der Waals surface area contributed by atoms with Crippen molar-refractivity contribution in [2.24, 2.45) is 0 Å². The first-order valence-corrected chi connectivity index (χ1v) is 17.7. The van der Waals surface area contributed by atoms with Crippen LogP contribution in [-0.2, 0) is 15.6 Å². The molecule has 3 heterocycles. The van der Waals surface area contributed by atoms with E-state index in [9.17, 15) is 0 Å². The van der Waals surface area contributed by atoms with Crippen LogP contribution in [0.3, 0.4) is 0 Å². The van der Waals surface area contributed by atoms with Gasteiger partial charge in [-0.1, -0.05) is 109 Å². The van der Waals surface area contributed by atoms with Crippen LogP contribution in [0.15, 0.2) is 95.4 Å². The van der Waals surface area contributed by atoms with E-state index >= 15 is 0 Å². The fourth-order valence-electron chi connectivity index (χ4n) is 8.22. The Kier molecular flexibility index (Phi) is 9.34. The van der Waals surface area contributed by atoms with E-state index in [0.29, 0.717) is 6.04 Å². The number of ether oxygens (including phenoxy) is 1. The largest absolute Gasteiger partial charge is 0.378 e. The van der Waals surface area contributed by atoms with E-state index in [4.69, 9.17) is 4.74 Å². The first-order chi connectivity index (χ1) is 21.8. The summed E-state index contributed by atoms with van der Waals surface area (Å²) in [5.41, 5.74) is 11.6. The third-order valence-electron chi connectivity index (χ3n) is 10.8. The van der Waals surface area contributed by atoms with E-state index in [1.165, 1.54) is 70.7 Å². The van der Waals surface area contributed by atoms with Gasteiger partial charge in [0.15, 0.2) is 0 Å². The lowest BCUT2D eigenvalue weighted by atomic mass is 9.80. The summed E-state index contributed by atoms with van der Waals surface area (Å²) in [7, 11) is 0. The highest BCUT2D eigenvalue weighted by atomic mass is 16.5. The fraction of sp³-hybridized carbons (Fsp3) is 0.512. The smallest absolute Gasteiger partial charge is 0.0642 e. The third kappa shape index (κ3) is 5.91. The van der Waals surface area contributed by atoms with Gasteiger partial charge in [-0.25, -0.2) is 0 Å². The minimum atomic E-state index is -0.0173. The molecule has 3 aliphatic heterocycles. The molecule has 1 atom stereocenters. The molecule has 0 amide bonds. The van der Waals surface area contributed by atoms with Crippen LogP contribution in [-0.4, -0.2) is 50.3 Å². The molecule has 45 heavy (non-hydrogen) atoms. The summed E-state index contributed by atoms with van der Waals surface area (Å²) >= 11 is 0. The molecule has 1 aliphatic carbocycles. The first kappa shape index (κ1) is 31.7. The van der Waals surface area contributed by atoms with Gasteiger partial charge in [0.1, 0.15) is 0 Å². The second-order valence-corrected chi connectivity index (χ2v) is 14.5. The van der Waals surface area contributed by atoms with Gasteiger partial charge >= 0.3 is 0 Å². The van der Waals surface area contributed by atoms with Crippen molar-refractivity contribution in [2.75, 3.05) is 49.2 Å². The van der Waals surface area contributed by atoms with Crippen molar-refractivity contribution < 1.29 is 4.74 Å². The van der Waals surface area contributed by atoms with Gasteiger partial charge in [0.05, 0.1) is 19.3 Å². The summed E-state index contributed by atoms with van der Waals surface area (Å²) in [6.45, 7) is 20.0. The number of anilines is 2. The molecule has 1 fully saturated rings. The van der Waals surface area contributed by atoms with E-state index in [0.717, 1.165) is 52.2 Å². The fourth-order valence-corrected chi connectivity index (χ4v) is 8.22. The SMILES string of the molecule is CCCCN1/C(=C/C=C2\CCC(/C=C/C3N(CCCC)c4ccccc4C3(C)C)=C2N2CCOCC2)C(C)(C)c2ccccc21. The zero-order valence-electron chi connectivity index (χ0n) is 28.7. The summed E-state index contributed by atoms with van der Waals surface area (Å²) < 4.78 is 5.81. The Morgan fingerprint density at radius 1 is 0.800 bits per heavy atom. The van der Waals surface area contributed by atoms with Crippen molar-refractivity contribution in [2.45, 2.75) is 96.9 Å². The average molecular weight is 606 g/mol. The maximum absolute atomic E-state index is 5.81. The number of hydrogen-bond acceptors (Lipinski definition) is 4. The maximum Gasteiger partial charge on any atom is 0.0642 e. The number of hydrogen-bond donors (Lipinski definition) is 0. The molecule has 0 spiro atoms. The van der Waals surface area contributed by atoms with E-state index < -0.39 is 0 Å². The van der Waals surface area contributed by atoms with Crippen LogP contribution in [0.2, 0.25) is 0 Å². The molecule has 0 N–H and O–H groups in total. The molecule has 2 aromatic carbocycles. The van der Waals surface area contributed by atoms with Gasteiger partial charge < -0.3 is 19.4 Å². The minimum Gasteiger partial charge on any atom is -0.378 e. The second kappa shape index (κ2) is 13.2. The van der Waals surface area contributed by atoms with Crippen LogP contribution >= 0.6 is 0 Å². The molecule has 0 aromatic heterocycles. The van der Waals surface area contributed by atoms with Crippen LogP contribution in [0.5, 0.6) is 0 Å². The van der Waals surface area contributed by atoms with Gasteiger partial charge in [0.25, 0.3) is 0 Å². The summed E-state index contributed by atoms with van der Waals surface area (Å²) in [4.78, 5) is 7.87. The van der Waals surface area contributed by atoms with Crippen molar-refractivity contribution in [1.82, 2.24) is 4.90 Å². The van der Waals surface area contributed by atoms with Crippen molar-refractivity contribution >= 4 is 11.4 Å². The highest BCUT2D eigenvalue weighted by molar-refractivity contribution is 5.71. The molecule has 6 rings (SSSR count). The quantitative estimate of drug-likeness (QED) is 0.269. The van der Waals surface area contributed by atoms with Crippen molar-refractivity contribution in [1.29, 1.82) is 0 Å². The van der Waals surface area contributed by atoms with Crippen LogP contribution in [0.1, 0.15) is 91.2 Å². The number of unbranched alkanes of at least 4 members (excludes halogenated alkanes) is 2. The molecular formula is C41H55N3O. The van der Waals surface area contributed by atoms with Gasteiger partial charge in [-0.05, 0) is 66.2 Å². The molecule has 2 aromatic rings. The summed E-state index contributed by atoms with van der Waals surface area (Å²) in [5, 5.41) is 0. The minimum absolute atomic E-state index is 0.0173. The monoisotopic (exact) mass is 605 g/mol. The van der Waals surface area contributed by atoms with Gasteiger partial charge in [0.2, 0.25) is 0 Å². The molecule has 240 valence electrons. The topological polar surface area (TPSA) is 19.0 Å². The molecule has 1 saturated heterocycles. The standard InChI is InChI=1S/C41H55N3O/c1-7-9-25-43-35-17-13-11-15-33(35)40(3,4)37(43)23-21-31-19-20-32(39(31)42-27-29-45-30-28-42)22-24-38-41(5,6)34-16-12-14-18-36(34)44(38)26-10-8-2/h11-18,21-24,37H,7-10,19-20,25-30H2,1-6H3/b23-21+,32-22+,38-24+. The Morgan fingerprint density at radius 2 is 1.47 bits per heavy atom. The van der Waals surface area contributed by atoms with E-state index in [1.54, 1.807) is 0 Å². The van der Waals surface area contributed by atoms with Crippen molar-refractivity contribution in [3.8, 4) is 0 Å². The molecule has 4 aliphatic rings. The van der Waals surface area contributed by atoms with E-state index in [-0.39, 0.29) is 10.8 Å². The molecule has 0 saturated carbocycles. The zero-order chi connectivity index (χ0) is 31.6. The predicted octanol–water partition coefficient (Wildman–Crippen LogP) is 9.30. The summed E-state index contributed by atoms with van der Waals surface area (Å²) in [5.74, 6) is 0. The van der Waals surface area contributed by atoms with Crippen LogP contribution in [0, 0.1) is 0 Å². The number of allylic oxidation sites excluding steroid dienone is 6. The number of benzene rings is 2. The lowest BCUT2D eigenvalue weighted by molar-refractivity contribution is 0.0547. The Labute approximate surface area is 273 Å². The summed E-state index contributed by atoms with van der Waals surface area (Å²) in [6.07, 6.45) is 17.0.